The van der Waals surface area contributed by atoms with Crippen LogP contribution in [0.5, 0.6) is 0 Å². The quantitative estimate of drug-likeness (QED) is 0.780. The zero-order valence-electron chi connectivity index (χ0n) is 13.3. The van der Waals surface area contributed by atoms with Crippen LogP contribution in [0, 0.1) is 6.92 Å². The number of amides is 1. The summed E-state index contributed by atoms with van der Waals surface area (Å²) in [6.45, 7) is 2.28. The van der Waals surface area contributed by atoms with Gasteiger partial charge in [0, 0.05) is 17.8 Å². The monoisotopic (exact) mass is 323 g/mol. The number of anilines is 1. The molecule has 0 unspecified atom stereocenters. The fourth-order valence-corrected chi connectivity index (χ4v) is 2.53. The predicted molar refractivity (Wildman–Crippen MR) is 86.7 cm³/mol. The third kappa shape index (κ3) is 3.05. The minimum Gasteiger partial charge on any atom is -0.339 e. The summed E-state index contributed by atoms with van der Waals surface area (Å²) in [7, 11) is 0. The van der Waals surface area contributed by atoms with Crippen LogP contribution in [-0.4, -0.2) is 25.6 Å². The Morgan fingerprint density at radius 1 is 1.29 bits per heavy atom. The summed E-state index contributed by atoms with van der Waals surface area (Å²) in [5, 5.41) is 6.81. The van der Waals surface area contributed by atoms with Crippen molar-refractivity contribution in [1.29, 1.82) is 0 Å². The molecule has 1 fully saturated rings. The van der Waals surface area contributed by atoms with E-state index in [-0.39, 0.29) is 5.91 Å². The van der Waals surface area contributed by atoms with Crippen LogP contribution >= 0.6 is 0 Å². The van der Waals surface area contributed by atoms with Crippen molar-refractivity contribution in [2.45, 2.75) is 32.2 Å². The molecule has 1 aliphatic carbocycles. The van der Waals surface area contributed by atoms with E-state index in [1.165, 1.54) is 0 Å². The molecule has 0 saturated heterocycles. The van der Waals surface area contributed by atoms with Gasteiger partial charge in [-0.15, -0.1) is 0 Å². The Morgan fingerprint density at radius 2 is 2.17 bits per heavy atom. The molecule has 0 atom stereocenters. The van der Waals surface area contributed by atoms with Gasteiger partial charge in [0.1, 0.15) is 11.5 Å². The normalized spacial score (nSPS) is 13.9. The number of hydrogen-bond donors (Lipinski definition) is 1. The first-order chi connectivity index (χ1) is 11.7. The van der Waals surface area contributed by atoms with E-state index in [1.54, 1.807) is 16.7 Å². The van der Waals surface area contributed by atoms with Gasteiger partial charge in [-0.3, -0.25) is 4.79 Å². The maximum Gasteiger partial charge on any atom is 0.273 e. The van der Waals surface area contributed by atoms with Crippen molar-refractivity contribution in [2.75, 3.05) is 5.32 Å². The van der Waals surface area contributed by atoms with Gasteiger partial charge in [-0.05, 0) is 44.0 Å². The first-order valence-electron chi connectivity index (χ1n) is 7.91. The highest BCUT2D eigenvalue weighted by molar-refractivity contribution is 6.02. The van der Waals surface area contributed by atoms with Gasteiger partial charge in [0.2, 0.25) is 5.89 Å². The third-order valence-electron chi connectivity index (χ3n) is 3.91. The molecule has 24 heavy (non-hydrogen) atoms. The number of carbonyl (C=O) groups excluding carboxylic acids is 1. The fraction of sp³-hybridized carbons (Fsp3) is 0.294. The standard InChI is InChI=1S/C17H17N5O2/c1-11-4-2-6-14(18-11)19-16(23)13-5-3-9-22(13)10-15-20-17(24-21-15)12-7-8-12/h2-6,9,12H,7-8,10H2,1H3,(H,18,19,23). The van der Waals surface area contributed by atoms with E-state index in [0.29, 0.717) is 35.7 Å². The van der Waals surface area contributed by atoms with Crippen molar-refractivity contribution < 1.29 is 9.32 Å². The Hall–Kier alpha value is -2.96. The molecule has 7 heteroatoms. The van der Waals surface area contributed by atoms with Crippen molar-refractivity contribution in [2.24, 2.45) is 0 Å². The third-order valence-corrected chi connectivity index (χ3v) is 3.91. The summed E-state index contributed by atoms with van der Waals surface area (Å²) < 4.78 is 7.06. The molecule has 1 N–H and O–H groups in total. The lowest BCUT2D eigenvalue weighted by atomic mass is 10.3. The number of pyridine rings is 1. The topological polar surface area (TPSA) is 85.8 Å². The maximum absolute atomic E-state index is 12.5. The molecule has 1 aliphatic rings. The summed E-state index contributed by atoms with van der Waals surface area (Å²) >= 11 is 0. The second kappa shape index (κ2) is 5.92. The van der Waals surface area contributed by atoms with Crippen molar-refractivity contribution in [3.63, 3.8) is 0 Å². The van der Waals surface area contributed by atoms with Crippen LogP contribution in [0.25, 0.3) is 0 Å². The van der Waals surface area contributed by atoms with Crippen molar-refractivity contribution in [1.82, 2.24) is 19.7 Å². The molecule has 122 valence electrons. The molecular weight excluding hydrogens is 306 g/mol. The Balaban J connectivity index is 1.49. The molecule has 1 amide bonds. The molecule has 0 bridgehead atoms. The molecule has 0 aromatic carbocycles. The molecule has 3 heterocycles. The average molecular weight is 323 g/mol. The molecule has 1 saturated carbocycles. The van der Waals surface area contributed by atoms with Crippen molar-refractivity contribution >= 4 is 11.7 Å². The predicted octanol–water partition coefficient (Wildman–Crippen LogP) is 2.75. The van der Waals surface area contributed by atoms with Gasteiger partial charge in [0.25, 0.3) is 5.91 Å². The van der Waals surface area contributed by atoms with Crippen LogP contribution in [-0.2, 0) is 6.54 Å². The second-order valence-corrected chi connectivity index (χ2v) is 5.96. The van der Waals surface area contributed by atoms with E-state index in [4.69, 9.17) is 4.52 Å². The Kier molecular flexibility index (Phi) is 3.60. The average Bonchev–Trinajstić information content (AvgIpc) is 3.12. The number of nitrogens with zero attached hydrogens (tertiary/aromatic N) is 4. The summed E-state index contributed by atoms with van der Waals surface area (Å²) in [6, 6.07) is 9.08. The molecular formula is C17H17N5O2. The zero-order valence-corrected chi connectivity index (χ0v) is 13.3. The van der Waals surface area contributed by atoms with Crippen LogP contribution in [0.4, 0.5) is 5.82 Å². The Labute approximate surface area is 138 Å². The highest BCUT2D eigenvalue weighted by Gasteiger charge is 2.29. The van der Waals surface area contributed by atoms with Crippen molar-refractivity contribution in [3.05, 3.63) is 59.6 Å². The van der Waals surface area contributed by atoms with Gasteiger partial charge in [0.15, 0.2) is 5.82 Å². The molecule has 3 aromatic rings. The van der Waals surface area contributed by atoms with E-state index in [9.17, 15) is 4.79 Å². The molecule has 0 spiro atoms. The molecule has 3 aromatic heterocycles. The second-order valence-electron chi connectivity index (χ2n) is 5.96. The smallest absolute Gasteiger partial charge is 0.273 e. The first kappa shape index (κ1) is 14.6. The lowest BCUT2D eigenvalue weighted by Gasteiger charge is -2.08. The maximum atomic E-state index is 12.5. The minimum atomic E-state index is -0.219. The summed E-state index contributed by atoms with van der Waals surface area (Å²) in [5.41, 5.74) is 1.37. The number of aryl methyl sites for hydroxylation is 1. The van der Waals surface area contributed by atoms with E-state index in [0.717, 1.165) is 18.5 Å². The van der Waals surface area contributed by atoms with Crippen LogP contribution in [0.1, 0.15) is 46.7 Å². The van der Waals surface area contributed by atoms with Gasteiger partial charge in [-0.1, -0.05) is 11.2 Å². The van der Waals surface area contributed by atoms with E-state index in [1.807, 2.05) is 31.3 Å². The van der Waals surface area contributed by atoms with Crippen LogP contribution < -0.4 is 5.32 Å². The Morgan fingerprint density at radius 3 is 2.96 bits per heavy atom. The molecule has 0 radical (unpaired) electrons. The minimum absolute atomic E-state index is 0.219. The highest BCUT2D eigenvalue weighted by atomic mass is 16.5. The first-order valence-corrected chi connectivity index (χ1v) is 7.91. The van der Waals surface area contributed by atoms with Crippen LogP contribution in [0.3, 0.4) is 0 Å². The number of carbonyl (C=O) groups is 1. The largest absolute Gasteiger partial charge is 0.339 e. The van der Waals surface area contributed by atoms with Gasteiger partial charge in [-0.25, -0.2) is 4.98 Å². The van der Waals surface area contributed by atoms with Gasteiger partial charge >= 0.3 is 0 Å². The molecule has 0 aliphatic heterocycles. The highest BCUT2D eigenvalue weighted by Crippen LogP contribution is 2.38. The number of aromatic nitrogens is 4. The van der Waals surface area contributed by atoms with E-state index < -0.39 is 0 Å². The number of nitrogens with one attached hydrogen (secondary N) is 1. The molecule has 7 nitrogen and oxygen atoms in total. The number of hydrogen-bond acceptors (Lipinski definition) is 5. The van der Waals surface area contributed by atoms with Gasteiger partial charge < -0.3 is 14.4 Å². The lowest BCUT2D eigenvalue weighted by Crippen LogP contribution is -2.18. The van der Waals surface area contributed by atoms with Gasteiger partial charge in [0.05, 0.1) is 6.54 Å². The van der Waals surface area contributed by atoms with Gasteiger partial charge in [-0.2, -0.15) is 4.98 Å². The number of rotatable bonds is 5. The van der Waals surface area contributed by atoms with Crippen LogP contribution in [0.15, 0.2) is 41.1 Å². The van der Waals surface area contributed by atoms with Crippen LogP contribution in [0.2, 0.25) is 0 Å². The zero-order chi connectivity index (χ0) is 16.5. The van der Waals surface area contributed by atoms with E-state index >= 15 is 0 Å². The summed E-state index contributed by atoms with van der Waals surface area (Å²) in [4.78, 5) is 21.2. The Bertz CT molecular complexity index is 879. The fourth-order valence-electron chi connectivity index (χ4n) is 2.53. The summed E-state index contributed by atoms with van der Waals surface area (Å²) in [5.74, 6) is 2.02. The SMILES string of the molecule is Cc1cccc(NC(=O)c2cccn2Cc2noc(C3CC3)n2)n1. The van der Waals surface area contributed by atoms with E-state index in [2.05, 4.69) is 20.4 Å². The molecule has 4 rings (SSSR count). The lowest BCUT2D eigenvalue weighted by molar-refractivity contribution is 0.101. The van der Waals surface area contributed by atoms with Crippen molar-refractivity contribution in [3.8, 4) is 0 Å². The summed E-state index contributed by atoms with van der Waals surface area (Å²) in [6.07, 6.45) is 4.05.